The van der Waals surface area contributed by atoms with Gasteiger partial charge in [-0.25, -0.2) is 23.1 Å². The number of ether oxygens (including phenoxy) is 1. The summed E-state index contributed by atoms with van der Waals surface area (Å²) in [6, 6.07) is 0.887. The summed E-state index contributed by atoms with van der Waals surface area (Å²) in [6.07, 6.45) is -6.03. The van der Waals surface area contributed by atoms with Crippen molar-refractivity contribution >= 4 is 60.8 Å². The van der Waals surface area contributed by atoms with Crippen molar-refractivity contribution in [1.82, 2.24) is 9.55 Å². The number of aromatic amines is 1. The Balaban J connectivity index is 0.00000578. The second kappa shape index (κ2) is 11.7. The number of hydrogen-bond donors (Lipinski definition) is 8. The molecule has 1 saturated heterocycles. The molecular weight excluding hydrogens is 571 g/mol. The van der Waals surface area contributed by atoms with Crippen molar-refractivity contribution in [1.29, 1.82) is 0 Å². The number of nitrogens with zero attached hydrogens (tertiary/aromatic N) is 1. The van der Waals surface area contributed by atoms with Crippen molar-refractivity contribution in [2.45, 2.75) is 24.5 Å². The zero-order chi connectivity index (χ0) is 25.4. The molecule has 20 nitrogen and oxygen atoms in total. The molecule has 3 unspecified atom stereocenters. The van der Waals surface area contributed by atoms with Crippen LogP contribution in [0.1, 0.15) is 6.23 Å². The Bertz CT molecular complexity index is 1180. The topological polar surface area (TPSA) is 311 Å². The van der Waals surface area contributed by atoms with E-state index in [9.17, 15) is 47.8 Å². The van der Waals surface area contributed by atoms with Gasteiger partial charge in [-0.15, -0.1) is 0 Å². The monoisotopic (exact) mass is 588 g/mol. The third-order valence-corrected chi connectivity index (χ3v) is 8.94. The van der Waals surface area contributed by atoms with Gasteiger partial charge in [0.1, 0.15) is 18.3 Å². The zero-order valence-electron chi connectivity index (χ0n) is 15.5. The Kier molecular flexibility index (Phi) is 11.0. The minimum absolute atomic E-state index is 0. The molecule has 1 aromatic rings. The van der Waals surface area contributed by atoms with Crippen molar-refractivity contribution in [2.75, 3.05) is 6.61 Å². The van der Waals surface area contributed by atoms with Crippen molar-refractivity contribution in [3.8, 4) is 0 Å². The van der Waals surface area contributed by atoms with Crippen LogP contribution < -0.4 is 11.2 Å². The van der Waals surface area contributed by atoms with Gasteiger partial charge in [-0.3, -0.25) is 18.9 Å². The molecule has 0 aromatic carbocycles. The van der Waals surface area contributed by atoms with Gasteiger partial charge >= 0.3 is 66.5 Å². The number of phosphoric acid groups is 4. The minimum atomic E-state index is -6.03. The number of aromatic nitrogens is 2. The summed E-state index contributed by atoms with van der Waals surface area (Å²) in [5.41, 5.74) is -1.82. The van der Waals surface area contributed by atoms with Gasteiger partial charge in [0.15, 0.2) is 6.23 Å². The number of phosphoric ester groups is 1. The first-order chi connectivity index (χ1) is 14.8. The van der Waals surface area contributed by atoms with E-state index in [-0.39, 0.29) is 29.6 Å². The molecule has 25 heteroatoms. The molecule has 1 aliphatic heterocycles. The summed E-state index contributed by atoms with van der Waals surface area (Å²) in [5, 5.41) is 20.0. The van der Waals surface area contributed by atoms with E-state index >= 15 is 0 Å². The van der Waals surface area contributed by atoms with Gasteiger partial charge in [0, 0.05) is 12.3 Å². The van der Waals surface area contributed by atoms with Crippen LogP contribution in [0.2, 0.25) is 0 Å². The number of H-pyrrole nitrogens is 1. The fraction of sp³-hybridized carbons (Fsp3) is 0.556. The first kappa shape index (κ1) is 32.1. The standard InChI is InChI=1S/C9H16N2O18P4.Na.H/c12-5-1-2-11(9(15)10-5)8-7(14)6(13)4(26-8)3-25-31(19,20)28-33(23,24)29-32(21,22)27-30(16,17)18;;/h1-2,4,6-8,13-14H,3H2,(H,19,20)(H,21,22)(H,23,24)(H,10,12,15)(H2,16,17,18);;/t4-,6-,7-,8-;;/m1../s1. The molecule has 2 heterocycles. The zero-order valence-corrected chi connectivity index (χ0v) is 19.1. The van der Waals surface area contributed by atoms with Crippen LogP contribution in [-0.4, -0.2) is 98.7 Å². The number of nitrogens with one attached hydrogen (secondary N) is 1. The van der Waals surface area contributed by atoms with E-state index in [4.69, 9.17) is 19.4 Å². The van der Waals surface area contributed by atoms with Gasteiger partial charge in [0.05, 0.1) is 6.61 Å². The Morgan fingerprint density at radius 2 is 1.44 bits per heavy atom. The Labute approximate surface area is 209 Å². The van der Waals surface area contributed by atoms with Crippen molar-refractivity contribution < 1.29 is 75.1 Å². The molecule has 0 amide bonds. The molecule has 1 aromatic heterocycles. The fourth-order valence-electron chi connectivity index (χ4n) is 2.34. The Morgan fingerprint density at radius 3 is 1.97 bits per heavy atom. The fourth-order valence-corrected chi connectivity index (χ4v) is 6.80. The van der Waals surface area contributed by atoms with E-state index in [0.717, 1.165) is 12.3 Å². The van der Waals surface area contributed by atoms with Crippen LogP contribution in [0.4, 0.5) is 0 Å². The third kappa shape index (κ3) is 9.53. The number of rotatable bonds is 10. The van der Waals surface area contributed by atoms with E-state index < -0.39 is 73.7 Å². The van der Waals surface area contributed by atoms with Gasteiger partial charge in [-0.05, 0) is 0 Å². The summed E-state index contributed by atoms with van der Waals surface area (Å²) in [5.74, 6) is 0. The van der Waals surface area contributed by atoms with Gasteiger partial charge in [0.25, 0.3) is 5.56 Å². The predicted octanol–water partition coefficient (Wildman–Crippen LogP) is -3.03. The number of aliphatic hydroxyl groups is 2. The van der Waals surface area contributed by atoms with Crippen molar-refractivity contribution in [3.05, 3.63) is 33.1 Å². The van der Waals surface area contributed by atoms with Crippen LogP contribution in [0.5, 0.6) is 0 Å². The van der Waals surface area contributed by atoms with Crippen LogP contribution in [0.25, 0.3) is 0 Å². The molecule has 8 N–H and O–H groups in total. The maximum atomic E-state index is 11.8. The quantitative estimate of drug-likeness (QED) is 0.0995. The van der Waals surface area contributed by atoms with Gasteiger partial charge in [-0.1, -0.05) is 0 Å². The molecule has 192 valence electrons. The Hall–Kier alpha value is 0.120. The Morgan fingerprint density at radius 1 is 0.912 bits per heavy atom. The summed E-state index contributed by atoms with van der Waals surface area (Å²) in [4.78, 5) is 69.3. The maximum absolute atomic E-state index is 11.8. The third-order valence-electron chi connectivity index (χ3n) is 3.49. The molecule has 0 bridgehead atoms. The van der Waals surface area contributed by atoms with Crippen LogP contribution in [0.3, 0.4) is 0 Å². The van der Waals surface area contributed by atoms with Crippen molar-refractivity contribution in [2.24, 2.45) is 0 Å². The van der Waals surface area contributed by atoms with E-state index in [1.807, 2.05) is 4.98 Å². The second-order valence-corrected chi connectivity index (χ2v) is 12.0. The molecule has 1 fully saturated rings. The van der Waals surface area contributed by atoms with E-state index in [1.165, 1.54) is 0 Å². The summed E-state index contributed by atoms with van der Waals surface area (Å²) in [6.45, 7) is -1.14. The van der Waals surface area contributed by atoms with Crippen molar-refractivity contribution in [3.63, 3.8) is 0 Å². The van der Waals surface area contributed by atoms with E-state index in [0.29, 0.717) is 4.57 Å². The molecule has 7 atom stereocenters. The molecule has 0 radical (unpaired) electrons. The number of hydrogen-bond acceptors (Lipinski definition) is 13. The SMILES string of the molecule is O=c1ccn([C@@H]2O[C@H](COP(=O)(O)OP(=O)(O)OP(=O)(O)OP(=O)(O)O)[C@@H](O)[C@H]2O)c(=O)[nH]1.[NaH]. The molecule has 2 rings (SSSR count). The molecule has 34 heavy (non-hydrogen) atoms. The summed E-state index contributed by atoms with van der Waals surface area (Å²) < 4.78 is 65.6. The van der Waals surface area contributed by atoms with E-state index in [2.05, 4.69) is 17.5 Å². The molecular formula is C9H17N2NaO18P4. The predicted molar refractivity (Wildman–Crippen MR) is 105 cm³/mol. The van der Waals surface area contributed by atoms with Gasteiger partial charge in [-0.2, -0.15) is 12.9 Å². The summed E-state index contributed by atoms with van der Waals surface area (Å²) >= 11 is 0. The van der Waals surface area contributed by atoms with Gasteiger partial charge in [0.2, 0.25) is 0 Å². The molecule has 0 saturated carbocycles. The first-order valence-electron chi connectivity index (χ1n) is 7.96. The van der Waals surface area contributed by atoms with Gasteiger partial charge < -0.3 is 39.4 Å². The molecule has 0 spiro atoms. The number of aliphatic hydroxyl groups excluding tert-OH is 2. The average Bonchev–Trinajstić information content (AvgIpc) is 2.84. The second-order valence-electron chi connectivity index (χ2n) is 6.00. The average molecular weight is 588 g/mol. The van der Waals surface area contributed by atoms with Crippen LogP contribution >= 0.6 is 31.3 Å². The van der Waals surface area contributed by atoms with Crippen LogP contribution in [0.15, 0.2) is 21.9 Å². The summed E-state index contributed by atoms with van der Waals surface area (Å²) in [7, 11) is -23.4. The molecule has 1 aliphatic rings. The van der Waals surface area contributed by atoms with Crippen LogP contribution in [-0.2, 0) is 40.5 Å². The normalized spacial score (nSPS) is 28.3. The van der Waals surface area contributed by atoms with Crippen LogP contribution in [0, 0.1) is 0 Å². The van der Waals surface area contributed by atoms with E-state index in [1.54, 1.807) is 0 Å². The first-order valence-corrected chi connectivity index (χ1v) is 14.0. The molecule has 0 aliphatic carbocycles.